The average Bonchev–Trinajstić information content (AvgIpc) is 3.34. The van der Waals surface area contributed by atoms with Gasteiger partial charge < -0.3 is 9.73 Å². The predicted molar refractivity (Wildman–Crippen MR) is 114 cm³/mol. The van der Waals surface area contributed by atoms with E-state index in [1.165, 1.54) is 36.8 Å². The van der Waals surface area contributed by atoms with E-state index in [0.29, 0.717) is 17.7 Å². The van der Waals surface area contributed by atoms with Gasteiger partial charge in [-0.25, -0.2) is 9.97 Å². The number of dihydropyridines is 1. The van der Waals surface area contributed by atoms with Crippen LogP contribution < -0.4 is 5.32 Å². The molecule has 2 bridgehead atoms. The van der Waals surface area contributed by atoms with Crippen LogP contribution in [0, 0.1) is 5.92 Å². The highest BCUT2D eigenvalue weighted by Crippen LogP contribution is 2.65. The zero-order valence-corrected chi connectivity index (χ0v) is 16.5. The third-order valence-corrected chi connectivity index (χ3v) is 7.15. The van der Waals surface area contributed by atoms with Crippen LogP contribution in [0.5, 0.6) is 0 Å². The van der Waals surface area contributed by atoms with E-state index in [9.17, 15) is 0 Å². The smallest absolute Gasteiger partial charge is 0.181 e. The van der Waals surface area contributed by atoms with E-state index in [4.69, 9.17) is 9.41 Å². The number of allylic oxidation sites excluding steroid dienone is 3. The van der Waals surface area contributed by atoms with Crippen molar-refractivity contribution in [3.8, 4) is 17.1 Å². The fraction of sp³-hybridized carbons (Fsp3) is 0.292. The van der Waals surface area contributed by atoms with Crippen molar-refractivity contribution in [3.05, 3.63) is 77.9 Å². The number of rotatable bonds is 3. The molecule has 6 heteroatoms. The van der Waals surface area contributed by atoms with E-state index in [0.717, 1.165) is 40.9 Å². The maximum absolute atomic E-state index is 5.54. The van der Waals surface area contributed by atoms with Crippen molar-refractivity contribution in [1.82, 2.24) is 19.9 Å². The molecular weight excluding hydrogens is 374 g/mol. The summed E-state index contributed by atoms with van der Waals surface area (Å²) in [5.41, 5.74) is 8.09. The Morgan fingerprint density at radius 3 is 2.87 bits per heavy atom. The summed E-state index contributed by atoms with van der Waals surface area (Å²) in [6, 6.07) is 6.95. The number of hydrogen-bond acceptors (Lipinski definition) is 5. The van der Waals surface area contributed by atoms with Gasteiger partial charge >= 0.3 is 0 Å². The lowest BCUT2D eigenvalue weighted by molar-refractivity contribution is -0.0274. The van der Waals surface area contributed by atoms with Gasteiger partial charge in [0.2, 0.25) is 0 Å². The second kappa shape index (κ2) is 5.81. The second-order valence-corrected chi connectivity index (χ2v) is 8.82. The number of oxazole rings is 1. The minimum absolute atomic E-state index is 0.411. The van der Waals surface area contributed by atoms with Crippen LogP contribution in [0.4, 0.5) is 0 Å². The lowest BCUT2D eigenvalue weighted by Gasteiger charge is -2.62. The molecule has 0 saturated heterocycles. The fourth-order valence-corrected chi connectivity index (χ4v) is 5.46. The molecule has 30 heavy (non-hydrogen) atoms. The van der Waals surface area contributed by atoms with Gasteiger partial charge in [0, 0.05) is 12.1 Å². The summed E-state index contributed by atoms with van der Waals surface area (Å²) in [6.45, 7) is 1.36. The molecule has 148 valence electrons. The maximum atomic E-state index is 5.54. The van der Waals surface area contributed by atoms with E-state index < -0.39 is 0 Å². The first-order valence-corrected chi connectivity index (χ1v) is 10.6. The Balaban J connectivity index is 1.43. The van der Waals surface area contributed by atoms with Crippen LogP contribution >= 0.6 is 0 Å². The Morgan fingerprint density at radius 1 is 1.20 bits per heavy atom. The number of aliphatic imine (C=N–C) groups is 1. The molecule has 0 radical (unpaired) electrons. The normalized spacial score (nSPS) is 25.7. The average molecular weight is 395 g/mol. The van der Waals surface area contributed by atoms with Gasteiger partial charge in [0.25, 0.3) is 0 Å². The van der Waals surface area contributed by atoms with Gasteiger partial charge in [-0.05, 0) is 54.4 Å². The number of benzene rings is 1. The van der Waals surface area contributed by atoms with Gasteiger partial charge in [0.05, 0.1) is 35.5 Å². The molecule has 3 saturated carbocycles. The number of aromatic nitrogens is 3. The number of hydrogen-bond donors (Lipinski definition) is 1. The van der Waals surface area contributed by atoms with Gasteiger partial charge in [-0.1, -0.05) is 18.2 Å². The molecule has 0 amide bonds. The summed E-state index contributed by atoms with van der Waals surface area (Å²) >= 11 is 0. The van der Waals surface area contributed by atoms with Gasteiger partial charge in [-0.3, -0.25) is 9.56 Å². The van der Waals surface area contributed by atoms with Crippen LogP contribution in [0.1, 0.15) is 36.1 Å². The van der Waals surface area contributed by atoms with Crippen molar-refractivity contribution in [2.75, 3.05) is 6.54 Å². The first-order valence-electron chi connectivity index (χ1n) is 10.6. The van der Waals surface area contributed by atoms with Gasteiger partial charge in [-0.15, -0.1) is 0 Å². The van der Waals surface area contributed by atoms with Gasteiger partial charge in [-0.2, -0.15) is 0 Å². The van der Waals surface area contributed by atoms with Crippen molar-refractivity contribution in [2.45, 2.75) is 31.2 Å². The first-order chi connectivity index (χ1) is 14.8. The molecule has 3 aromatic rings. The molecule has 0 atom stereocenters. The zero-order valence-electron chi connectivity index (χ0n) is 16.5. The molecule has 0 unspecified atom stereocenters. The van der Waals surface area contributed by atoms with Crippen LogP contribution in [0.2, 0.25) is 0 Å². The third kappa shape index (κ3) is 2.16. The molecule has 8 rings (SSSR count). The predicted octanol–water partition coefficient (Wildman–Crippen LogP) is 3.92. The molecule has 5 aliphatic rings. The third-order valence-electron chi connectivity index (χ3n) is 7.15. The highest BCUT2D eigenvalue weighted by molar-refractivity contribution is 6.15. The molecule has 2 aliphatic heterocycles. The standard InChI is InChI=1S/C24H21N5O/c1-2-6-26-18(3-1)22-17-7-16(24-8-15(9-24)10-24)4-5-19(17)29-13-28-23(20(29)11-27-22)21-12-25-14-30-21/h1-5,7,12-15,26H,6,8-11H2. The monoisotopic (exact) mass is 395 g/mol. The number of fused-ring (bicyclic) bond motifs is 3. The number of nitrogens with one attached hydrogen (secondary N) is 1. The van der Waals surface area contributed by atoms with E-state index in [2.05, 4.69) is 56.3 Å². The Hall–Kier alpha value is -3.41. The van der Waals surface area contributed by atoms with Crippen LogP contribution in [-0.4, -0.2) is 26.8 Å². The van der Waals surface area contributed by atoms with Crippen molar-refractivity contribution < 1.29 is 4.42 Å². The largest absolute Gasteiger partial charge is 0.442 e. The molecule has 1 aromatic carbocycles. The molecule has 0 spiro atoms. The Bertz CT molecular complexity index is 1240. The maximum Gasteiger partial charge on any atom is 0.181 e. The van der Waals surface area contributed by atoms with E-state index in [-0.39, 0.29) is 0 Å². The van der Waals surface area contributed by atoms with Gasteiger partial charge in [0.1, 0.15) is 12.0 Å². The van der Waals surface area contributed by atoms with Crippen molar-refractivity contribution in [2.24, 2.45) is 10.9 Å². The summed E-state index contributed by atoms with van der Waals surface area (Å²) < 4.78 is 7.70. The summed E-state index contributed by atoms with van der Waals surface area (Å²) in [5, 5.41) is 3.50. The SMILES string of the molecule is C1=CCNC(C2=NCc3c(-c4cnco4)ncn3-c3ccc(C45CC(C4)C5)cc32)=C1. The Labute approximate surface area is 174 Å². The minimum atomic E-state index is 0.411. The van der Waals surface area contributed by atoms with Crippen molar-refractivity contribution in [3.63, 3.8) is 0 Å². The van der Waals surface area contributed by atoms with Crippen LogP contribution in [0.25, 0.3) is 17.1 Å². The molecule has 1 N–H and O–H groups in total. The minimum Gasteiger partial charge on any atom is -0.442 e. The zero-order chi connectivity index (χ0) is 19.7. The fourth-order valence-electron chi connectivity index (χ4n) is 5.46. The lowest BCUT2D eigenvalue weighted by atomic mass is 9.42. The second-order valence-electron chi connectivity index (χ2n) is 8.82. The Morgan fingerprint density at radius 2 is 2.13 bits per heavy atom. The summed E-state index contributed by atoms with van der Waals surface area (Å²) in [6.07, 6.45) is 15.4. The van der Waals surface area contributed by atoms with Gasteiger partial charge in [0.15, 0.2) is 12.2 Å². The van der Waals surface area contributed by atoms with Crippen LogP contribution in [-0.2, 0) is 12.0 Å². The highest BCUT2D eigenvalue weighted by atomic mass is 16.3. The first kappa shape index (κ1) is 16.4. The molecule has 3 aliphatic carbocycles. The van der Waals surface area contributed by atoms with E-state index in [1.54, 1.807) is 6.20 Å². The molecule has 2 aromatic heterocycles. The summed E-state index contributed by atoms with van der Waals surface area (Å²) in [5.74, 6) is 1.63. The van der Waals surface area contributed by atoms with Crippen LogP contribution in [0.15, 0.2) is 70.5 Å². The summed E-state index contributed by atoms with van der Waals surface area (Å²) in [4.78, 5) is 13.8. The van der Waals surface area contributed by atoms with Crippen molar-refractivity contribution in [1.29, 1.82) is 0 Å². The van der Waals surface area contributed by atoms with E-state index >= 15 is 0 Å². The molecule has 4 heterocycles. The number of imidazole rings is 1. The topological polar surface area (TPSA) is 68.2 Å². The highest BCUT2D eigenvalue weighted by Gasteiger charge is 2.57. The number of nitrogens with zero attached hydrogens (tertiary/aromatic N) is 4. The van der Waals surface area contributed by atoms with Crippen molar-refractivity contribution >= 4 is 5.71 Å². The van der Waals surface area contributed by atoms with E-state index in [1.807, 2.05) is 6.33 Å². The summed E-state index contributed by atoms with van der Waals surface area (Å²) in [7, 11) is 0. The molecule has 6 nitrogen and oxygen atoms in total. The lowest BCUT2D eigenvalue weighted by Crippen LogP contribution is -2.55. The quantitative estimate of drug-likeness (QED) is 0.730. The Kier molecular flexibility index (Phi) is 3.18. The van der Waals surface area contributed by atoms with Crippen LogP contribution in [0.3, 0.4) is 0 Å². The molecular formula is C24H21N5O. The molecule has 3 fully saturated rings.